The van der Waals surface area contributed by atoms with Gasteiger partial charge in [0.1, 0.15) is 5.75 Å². The lowest BCUT2D eigenvalue weighted by atomic mass is 10.0. The SMILES string of the molecule is CSc1c(C)cc(C(=O)C=Cc2cc(C)c(O)c(C)c2)cc1C. The minimum atomic E-state index is -0.00719. The molecule has 1 N–H and O–H groups in total. The molecule has 2 aromatic rings. The lowest BCUT2D eigenvalue weighted by Gasteiger charge is -2.09. The minimum Gasteiger partial charge on any atom is -0.507 e. The van der Waals surface area contributed by atoms with Crippen LogP contribution in [0.3, 0.4) is 0 Å². The van der Waals surface area contributed by atoms with Gasteiger partial charge in [0, 0.05) is 10.5 Å². The quantitative estimate of drug-likeness (QED) is 0.474. The number of allylic oxidation sites excluding steroid dienone is 1. The molecule has 2 aromatic carbocycles. The fourth-order valence-electron chi connectivity index (χ4n) is 2.77. The number of thioether (sulfide) groups is 1. The van der Waals surface area contributed by atoms with Crippen LogP contribution in [-0.2, 0) is 0 Å². The molecule has 0 heterocycles. The first kappa shape index (κ1) is 17.4. The van der Waals surface area contributed by atoms with E-state index in [1.807, 2.05) is 58.2 Å². The molecule has 0 bridgehead atoms. The number of rotatable bonds is 4. The summed E-state index contributed by atoms with van der Waals surface area (Å²) < 4.78 is 0. The van der Waals surface area contributed by atoms with Crippen molar-refractivity contribution in [2.24, 2.45) is 0 Å². The molecule has 0 aliphatic rings. The summed E-state index contributed by atoms with van der Waals surface area (Å²) in [6.45, 7) is 7.78. The molecule has 0 aromatic heterocycles. The zero-order chi connectivity index (χ0) is 17.1. The van der Waals surface area contributed by atoms with Gasteiger partial charge in [-0.3, -0.25) is 4.79 Å². The molecule has 0 spiro atoms. The van der Waals surface area contributed by atoms with Crippen LogP contribution >= 0.6 is 11.8 Å². The molecular weight excluding hydrogens is 304 g/mol. The van der Waals surface area contributed by atoms with Crippen molar-refractivity contribution in [3.8, 4) is 5.75 Å². The van der Waals surface area contributed by atoms with Crippen LogP contribution in [0.5, 0.6) is 5.75 Å². The lowest BCUT2D eigenvalue weighted by molar-refractivity contribution is 0.104. The predicted octanol–water partition coefficient (Wildman–Crippen LogP) is 5.24. The Morgan fingerprint density at radius 2 is 1.48 bits per heavy atom. The van der Waals surface area contributed by atoms with Crippen LogP contribution in [0.4, 0.5) is 0 Å². The van der Waals surface area contributed by atoms with E-state index in [9.17, 15) is 9.90 Å². The van der Waals surface area contributed by atoms with E-state index >= 15 is 0 Å². The Kier molecular flexibility index (Phi) is 5.32. The smallest absolute Gasteiger partial charge is 0.185 e. The molecule has 2 rings (SSSR count). The number of carbonyl (C=O) groups excluding carboxylic acids is 1. The summed E-state index contributed by atoms with van der Waals surface area (Å²) in [5.74, 6) is 0.305. The topological polar surface area (TPSA) is 37.3 Å². The maximum atomic E-state index is 12.4. The van der Waals surface area contributed by atoms with Crippen LogP contribution in [0.2, 0.25) is 0 Å². The standard InChI is InChI=1S/C20H22O2S/c1-12-8-16(9-13(2)19(12)22)6-7-18(21)17-10-14(3)20(23-5)15(4)11-17/h6-11,22H,1-5H3. The monoisotopic (exact) mass is 326 g/mol. The Morgan fingerprint density at radius 3 is 1.96 bits per heavy atom. The second-order valence-corrected chi connectivity index (χ2v) is 6.66. The highest BCUT2D eigenvalue weighted by atomic mass is 32.2. The number of aromatic hydroxyl groups is 1. The third-order valence-electron chi connectivity index (χ3n) is 3.89. The van der Waals surface area contributed by atoms with Crippen molar-refractivity contribution in [2.75, 3.05) is 6.26 Å². The van der Waals surface area contributed by atoms with Crippen molar-refractivity contribution in [1.82, 2.24) is 0 Å². The highest BCUT2D eigenvalue weighted by Gasteiger charge is 2.08. The molecule has 23 heavy (non-hydrogen) atoms. The Morgan fingerprint density at radius 1 is 0.957 bits per heavy atom. The first-order chi connectivity index (χ1) is 10.8. The minimum absolute atomic E-state index is 0.00719. The molecule has 0 saturated heterocycles. The number of hydrogen-bond donors (Lipinski definition) is 1. The largest absolute Gasteiger partial charge is 0.507 e. The maximum absolute atomic E-state index is 12.4. The highest BCUT2D eigenvalue weighted by Crippen LogP contribution is 2.26. The summed E-state index contributed by atoms with van der Waals surface area (Å²) >= 11 is 1.70. The molecule has 2 nitrogen and oxygen atoms in total. The third-order valence-corrected chi connectivity index (χ3v) is 4.94. The maximum Gasteiger partial charge on any atom is 0.185 e. The van der Waals surface area contributed by atoms with Gasteiger partial charge in [-0.05, 0) is 92.1 Å². The summed E-state index contributed by atoms with van der Waals surface area (Å²) in [6.07, 6.45) is 5.44. The van der Waals surface area contributed by atoms with Crippen molar-refractivity contribution in [3.63, 3.8) is 0 Å². The van der Waals surface area contributed by atoms with Crippen molar-refractivity contribution in [2.45, 2.75) is 32.6 Å². The number of hydrogen-bond acceptors (Lipinski definition) is 3. The number of carbonyl (C=O) groups is 1. The highest BCUT2D eigenvalue weighted by molar-refractivity contribution is 7.98. The number of phenols is 1. The molecule has 0 fully saturated rings. The number of aryl methyl sites for hydroxylation is 4. The van der Waals surface area contributed by atoms with E-state index in [1.165, 1.54) is 4.90 Å². The van der Waals surface area contributed by atoms with Crippen LogP contribution in [-0.4, -0.2) is 17.1 Å². The molecule has 0 radical (unpaired) electrons. The summed E-state index contributed by atoms with van der Waals surface area (Å²) in [7, 11) is 0. The van der Waals surface area contributed by atoms with Gasteiger partial charge < -0.3 is 5.11 Å². The van der Waals surface area contributed by atoms with Crippen molar-refractivity contribution < 1.29 is 9.90 Å². The van der Waals surface area contributed by atoms with E-state index in [2.05, 4.69) is 0 Å². The summed E-state index contributed by atoms with van der Waals surface area (Å²) in [4.78, 5) is 13.6. The average Bonchev–Trinajstić information content (AvgIpc) is 2.49. The van der Waals surface area contributed by atoms with E-state index in [-0.39, 0.29) is 5.78 Å². The van der Waals surface area contributed by atoms with Crippen LogP contribution in [0.25, 0.3) is 6.08 Å². The summed E-state index contributed by atoms with van der Waals surface area (Å²) in [5, 5.41) is 9.80. The van der Waals surface area contributed by atoms with Crippen LogP contribution < -0.4 is 0 Å². The van der Waals surface area contributed by atoms with Crippen molar-refractivity contribution in [1.29, 1.82) is 0 Å². The summed E-state index contributed by atoms with van der Waals surface area (Å²) in [5.41, 5.74) is 5.51. The molecular formula is C20H22O2S. The van der Waals surface area contributed by atoms with E-state index in [0.717, 1.165) is 27.8 Å². The van der Waals surface area contributed by atoms with Crippen molar-refractivity contribution >= 4 is 23.6 Å². The number of benzene rings is 2. The lowest BCUT2D eigenvalue weighted by Crippen LogP contribution is -1.98. The number of phenolic OH excluding ortho intramolecular Hbond substituents is 1. The molecule has 0 aliphatic carbocycles. The van der Waals surface area contributed by atoms with E-state index in [0.29, 0.717) is 11.3 Å². The fourth-order valence-corrected chi connectivity index (χ4v) is 3.53. The second kappa shape index (κ2) is 7.05. The first-order valence-corrected chi connectivity index (χ1v) is 8.73. The zero-order valence-electron chi connectivity index (χ0n) is 14.2. The Hall–Kier alpha value is -2.00. The molecule has 0 aliphatic heterocycles. The van der Waals surface area contributed by atoms with E-state index < -0.39 is 0 Å². The molecule has 120 valence electrons. The van der Waals surface area contributed by atoms with Gasteiger partial charge in [-0.1, -0.05) is 6.08 Å². The Bertz CT molecular complexity index is 742. The zero-order valence-corrected chi connectivity index (χ0v) is 15.0. The predicted molar refractivity (Wildman–Crippen MR) is 98.6 cm³/mol. The van der Waals surface area contributed by atoms with Gasteiger partial charge in [-0.15, -0.1) is 11.8 Å². The normalized spacial score (nSPS) is 11.2. The Labute approximate surface area is 142 Å². The second-order valence-electron chi connectivity index (χ2n) is 5.84. The van der Waals surface area contributed by atoms with Gasteiger partial charge in [0.05, 0.1) is 0 Å². The van der Waals surface area contributed by atoms with Crippen LogP contribution in [0, 0.1) is 27.7 Å². The van der Waals surface area contributed by atoms with Gasteiger partial charge in [0.15, 0.2) is 5.78 Å². The summed E-state index contributed by atoms with van der Waals surface area (Å²) in [6, 6.07) is 7.64. The van der Waals surface area contributed by atoms with Crippen LogP contribution in [0.1, 0.15) is 38.2 Å². The molecule has 3 heteroatoms. The fraction of sp³-hybridized carbons (Fsp3) is 0.250. The van der Waals surface area contributed by atoms with Gasteiger partial charge in [0.2, 0.25) is 0 Å². The Balaban J connectivity index is 2.29. The molecule has 0 atom stereocenters. The molecule has 0 amide bonds. The third kappa shape index (κ3) is 3.85. The van der Waals surface area contributed by atoms with Gasteiger partial charge >= 0.3 is 0 Å². The average molecular weight is 326 g/mol. The van der Waals surface area contributed by atoms with Crippen molar-refractivity contribution in [3.05, 3.63) is 63.7 Å². The van der Waals surface area contributed by atoms with Gasteiger partial charge in [0.25, 0.3) is 0 Å². The van der Waals surface area contributed by atoms with Gasteiger partial charge in [-0.25, -0.2) is 0 Å². The van der Waals surface area contributed by atoms with Gasteiger partial charge in [-0.2, -0.15) is 0 Å². The molecule has 0 saturated carbocycles. The van der Waals surface area contributed by atoms with E-state index in [4.69, 9.17) is 0 Å². The van der Waals surface area contributed by atoms with E-state index in [1.54, 1.807) is 23.9 Å². The molecule has 0 unspecified atom stereocenters. The number of ketones is 1. The van der Waals surface area contributed by atoms with Crippen LogP contribution in [0.15, 0.2) is 35.2 Å². The first-order valence-electron chi connectivity index (χ1n) is 7.51.